The van der Waals surface area contributed by atoms with Crippen LogP contribution in [0.1, 0.15) is 11.1 Å². The van der Waals surface area contributed by atoms with Gasteiger partial charge in [-0.15, -0.1) is 0 Å². The number of piperazine rings is 1. The summed E-state index contributed by atoms with van der Waals surface area (Å²) in [6, 6.07) is 14.4. The van der Waals surface area contributed by atoms with E-state index < -0.39 is 10.0 Å². The highest BCUT2D eigenvalue weighted by molar-refractivity contribution is 9.10. The minimum Gasteiger partial charge on any atom is -0.337 e. The molecule has 1 heterocycles. The highest BCUT2D eigenvalue weighted by atomic mass is 79.9. The van der Waals surface area contributed by atoms with Crippen LogP contribution in [-0.4, -0.2) is 49.7 Å². The molecule has 1 saturated heterocycles. The Morgan fingerprint density at radius 2 is 1.63 bits per heavy atom. The largest absolute Gasteiger partial charge is 0.337 e. The molecule has 27 heavy (non-hydrogen) atoms. The summed E-state index contributed by atoms with van der Waals surface area (Å²) in [5.41, 5.74) is 2.11. The Hall–Kier alpha value is -1.96. The van der Waals surface area contributed by atoms with Crippen molar-refractivity contribution >= 4 is 37.9 Å². The van der Waals surface area contributed by atoms with Crippen molar-refractivity contribution in [2.75, 3.05) is 26.2 Å². The molecule has 0 aromatic heterocycles. The maximum absolute atomic E-state index is 12.7. The standard InChI is InChI=1S/C20H21BrN2O3S/c1-16-4-2-3-5-17(16)6-11-20(24)22-12-14-23(15-13-22)27(25,26)19-9-7-18(21)8-10-19/h2-11H,12-15H2,1H3. The maximum atomic E-state index is 12.7. The van der Waals surface area contributed by atoms with E-state index in [1.165, 1.54) is 4.31 Å². The van der Waals surface area contributed by atoms with Gasteiger partial charge in [-0.25, -0.2) is 8.42 Å². The first-order chi connectivity index (χ1) is 12.9. The lowest BCUT2D eigenvalue weighted by Crippen LogP contribution is -2.50. The van der Waals surface area contributed by atoms with Gasteiger partial charge in [0.1, 0.15) is 0 Å². The predicted octanol–water partition coefficient (Wildman–Crippen LogP) is 3.30. The second-order valence-corrected chi connectivity index (χ2v) is 9.23. The lowest BCUT2D eigenvalue weighted by atomic mass is 10.1. The fraction of sp³-hybridized carbons (Fsp3) is 0.250. The molecule has 0 spiro atoms. The average molecular weight is 449 g/mol. The Balaban J connectivity index is 1.62. The molecule has 0 aliphatic carbocycles. The summed E-state index contributed by atoms with van der Waals surface area (Å²) < 4.78 is 27.7. The van der Waals surface area contributed by atoms with E-state index in [-0.39, 0.29) is 10.8 Å². The predicted molar refractivity (Wildman–Crippen MR) is 110 cm³/mol. The molecule has 0 saturated carbocycles. The molecule has 7 heteroatoms. The van der Waals surface area contributed by atoms with E-state index in [1.807, 2.05) is 37.3 Å². The van der Waals surface area contributed by atoms with Crippen molar-refractivity contribution in [1.29, 1.82) is 0 Å². The molecule has 0 radical (unpaired) electrons. The van der Waals surface area contributed by atoms with Gasteiger partial charge in [0.15, 0.2) is 0 Å². The van der Waals surface area contributed by atoms with Crippen LogP contribution in [0, 0.1) is 6.92 Å². The third-order valence-corrected chi connectivity index (χ3v) is 7.04. The first-order valence-corrected chi connectivity index (χ1v) is 10.9. The molecule has 2 aromatic carbocycles. The quantitative estimate of drug-likeness (QED) is 0.674. The number of aryl methyl sites for hydroxylation is 1. The highest BCUT2D eigenvalue weighted by Crippen LogP contribution is 2.20. The minimum atomic E-state index is -3.53. The fourth-order valence-corrected chi connectivity index (χ4v) is 4.63. The van der Waals surface area contributed by atoms with E-state index in [1.54, 1.807) is 35.2 Å². The number of halogens is 1. The molecule has 5 nitrogen and oxygen atoms in total. The Labute approximate surface area is 168 Å². The molecule has 1 fully saturated rings. The zero-order valence-corrected chi connectivity index (χ0v) is 17.4. The molecule has 1 aliphatic heterocycles. The number of rotatable bonds is 4. The van der Waals surface area contributed by atoms with Crippen molar-refractivity contribution in [2.45, 2.75) is 11.8 Å². The average Bonchev–Trinajstić information content (AvgIpc) is 2.67. The number of hydrogen-bond donors (Lipinski definition) is 0. The lowest BCUT2D eigenvalue weighted by molar-refractivity contribution is -0.127. The van der Waals surface area contributed by atoms with E-state index in [4.69, 9.17) is 0 Å². The normalized spacial score (nSPS) is 16.0. The topological polar surface area (TPSA) is 57.7 Å². The summed E-state index contributed by atoms with van der Waals surface area (Å²) >= 11 is 3.31. The van der Waals surface area contributed by atoms with Crippen molar-refractivity contribution in [3.63, 3.8) is 0 Å². The maximum Gasteiger partial charge on any atom is 0.246 e. The summed E-state index contributed by atoms with van der Waals surface area (Å²) in [5.74, 6) is -0.0982. The van der Waals surface area contributed by atoms with Crippen molar-refractivity contribution in [2.24, 2.45) is 0 Å². The van der Waals surface area contributed by atoms with E-state index in [9.17, 15) is 13.2 Å². The summed E-state index contributed by atoms with van der Waals surface area (Å²) in [6.45, 7) is 3.35. The Kier molecular flexibility index (Phi) is 6.14. The highest BCUT2D eigenvalue weighted by Gasteiger charge is 2.29. The monoisotopic (exact) mass is 448 g/mol. The van der Waals surface area contributed by atoms with Crippen LogP contribution in [0.25, 0.3) is 6.08 Å². The van der Waals surface area contributed by atoms with Gasteiger partial charge >= 0.3 is 0 Å². The minimum absolute atomic E-state index is 0.0982. The third kappa shape index (κ3) is 4.66. The number of amides is 1. The molecule has 0 N–H and O–H groups in total. The van der Waals surface area contributed by atoms with E-state index >= 15 is 0 Å². The third-order valence-electron chi connectivity index (χ3n) is 4.60. The van der Waals surface area contributed by atoms with Gasteiger partial charge in [-0.2, -0.15) is 4.31 Å². The molecule has 0 unspecified atom stereocenters. The Bertz CT molecular complexity index is 947. The smallest absolute Gasteiger partial charge is 0.246 e. The zero-order chi connectivity index (χ0) is 19.4. The number of carbonyl (C=O) groups is 1. The number of hydrogen-bond acceptors (Lipinski definition) is 3. The van der Waals surface area contributed by atoms with Gasteiger partial charge in [0, 0.05) is 36.7 Å². The van der Waals surface area contributed by atoms with Gasteiger partial charge in [-0.05, 0) is 48.4 Å². The number of benzene rings is 2. The van der Waals surface area contributed by atoms with Gasteiger partial charge in [0.2, 0.25) is 15.9 Å². The number of carbonyl (C=O) groups excluding carboxylic acids is 1. The van der Waals surface area contributed by atoms with Crippen molar-refractivity contribution in [3.8, 4) is 0 Å². The van der Waals surface area contributed by atoms with Crippen molar-refractivity contribution in [1.82, 2.24) is 9.21 Å². The second-order valence-electron chi connectivity index (χ2n) is 6.37. The van der Waals surface area contributed by atoms with Crippen LogP contribution in [0.4, 0.5) is 0 Å². The number of sulfonamides is 1. The van der Waals surface area contributed by atoms with Crippen LogP contribution >= 0.6 is 15.9 Å². The molecule has 2 aromatic rings. The first kappa shape index (κ1) is 19.8. The van der Waals surface area contributed by atoms with Crippen LogP contribution < -0.4 is 0 Å². The molecule has 142 valence electrons. The van der Waals surface area contributed by atoms with E-state index in [0.717, 1.165) is 15.6 Å². The zero-order valence-electron chi connectivity index (χ0n) is 15.0. The Morgan fingerprint density at radius 1 is 1.00 bits per heavy atom. The molecule has 1 aliphatic rings. The van der Waals surface area contributed by atoms with Crippen LogP contribution in [0.15, 0.2) is 64.0 Å². The second kappa shape index (κ2) is 8.37. The molecule has 3 rings (SSSR count). The lowest BCUT2D eigenvalue weighted by Gasteiger charge is -2.33. The fourth-order valence-electron chi connectivity index (χ4n) is 2.94. The SMILES string of the molecule is Cc1ccccc1C=CC(=O)N1CCN(S(=O)(=O)c2ccc(Br)cc2)CC1. The Morgan fingerprint density at radius 3 is 2.26 bits per heavy atom. The molecule has 1 amide bonds. The summed E-state index contributed by atoms with van der Waals surface area (Å²) in [4.78, 5) is 14.4. The van der Waals surface area contributed by atoms with Crippen LogP contribution in [0.5, 0.6) is 0 Å². The van der Waals surface area contributed by atoms with Gasteiger partial charge in [-0.1, -0.05) is 40.2 Å². The summed E-state index contributed by atoms with van der Waals surface area (Å²) in [5, 5.41) is 0. The molecular formula is C20H21BrN2O3S. The van der Waals surface area contributed by atoms with Gasteiger partial charge < -0.3 is 4.90 Å². The summed E-state index contributed by atoms with van der Waals surface area (Å²) in [6.07, 6.45) is 3.36. The number of nitrogens with zero attached hydrogens (tertiary/aromatic N) is 2. The molecule has 0 bridgehead atoms. The van der Waals surface area contributed by atoms with Gasteiger partial charge in [-0.3, -0.25) is 4.79 Å². The van der Waals surface area contributed by atoms with Crippen molar-refractivity contribution in [3.05, 3.63) is 70.2 Å². The van der Waals surface area contributed by atoms with Crippen LogP contribution in [-0.2, 0) is 14.8 Å². The van der Waals surface area contributed by atoms with Gasteiger partial charge in [0.05, 0.1) is 4.90 Å². The molecule has 0 atom stereocenters. The van der Waals surface area contributed by atoms with Crippen LogP contribution in [0.2, 0.25) is 0 Å². The van der Waals surface area contributed by atoms with E-state index in [0.29, 0.717) is 26.2 Å². The van der Waals surface area contributed by atoms with Crippen molar-refractivity contribution < 1.29 is 13.2 Å². The van der Waals surface area contributed by atoms with Gasteiger partial charge in [0.25, 0.3) is 0 Å². The first-order valence-electron chi connectivity index (χ1n) is 8.66. The summed E-state index contributed by atoms with van der Waals surface area (Å²) in [7, 11) is -3.53. The molecular weight excluding hydrogens is 428 g/mol. The van der Waals surface area contributed by atoms with E-state index in [2.05, 4.69) is 15.9 Å². The van der Waals surface area contributed by atoms with Crippen LogP contribution in [0.3, 0.4) is 0 Å².